The number of nitrogen functional groups attached to an aromatic ring is 1. The van der Waals surface area contributed by atoms with Crippen LogP contribution < -0.4 is 11.1 Å². The van der Waals surface area contributed by atoms with E-state index in [2.05, 4.69) is 33.0 Å². The van der Waals surface area contributed by atoms with Gasteiger partial charge in [-0.25, -0.2) is 0 Å². The predicted molar refractivity (Wildman–Crippen MR) is 87.4 cm³/mol. The van der Waals surface area contributed by atoms with E-state index in [0.717, 1.165) is 28.5 Å². The van der Waals surface area contributed by atoms with Crippen molar-refractivity contribution in [3.63, 3.8) is 0 Å². The molecule has 0 unspecified atom stereocenters. The fourth-order valence-electron chi connectivity index (χ4n) is 2.20. The van der Waals surface area contributed by atoms with Crippen LogP contribution in [0.4, 0.5) is 17.2 Å². The van der Waals surface area contributed by atoms with Gasteiger partial charge in [-0.05, 0) is 18.1 Å². The fraction of sp³-hybridized carbons (Fsp3) is 0.308. The number of nitrogens with two attached hydrogens (primary N) is 1. The molecule has 0 saturated carbocycles. The van der Waals surface area contributed by atoms with Crippen LogP contribution in [-0.4, -0.2) is 18.5 Å². The van der Waals surface area contributed by atoms with Crippen molar-refractivity contribution in [2.24, 2.45) is 7.05 Å². The van der Waals surface area contributed by atoms with Crippen molar-refractivity contribution in [2.45, 2.75) is 19.8 Å². The number of hydrogen-bond donors (Lipinski definition) is 2. The summed E-state index contributed by atoms with van der Waals surface area (Å²) in [6.45, 7) is 4.11. The quantitative estimate of drug-likeness (QED) is 0.771. The van der Waals surface area contributed by atoms with Gasteiger partial charge in [0.15, 0.2) is 5.82 Å². The Morgan fingerprint density at radius 1 is 1.33 bits per heavy atom. The molecule has 2 heterocycles. The highest BCUT2D eigenvalue weighted by atomic mass is 35.5. The van der Waals surface area contributed by atoms with Crippen LogP contribution in [0.1, 0.15) is 25.5 Å². The predicted octanol–water partition coefficient (Wildman–Crippen LogP) is 3.53. The number of nitrogens with one attached hydrogen (secondary N) is 1. The average Bonchev–Trinajstić information content (AvgIpc) is 3.00. The standard InChI is InChI=1S/C13H15ClN6S/c1-6(2)10-9(15)13(20(3)17-10)16-11-7(14)4-5-8-12(11)19-21-18-8/h4-6,16H,15H2,1-3H3. The number of aromatic nitrogens is 4. The summed E-state index contributed by atoms with van der Waals surface area (Å²) >= 11 is 7.44. The minimum atomic E-state index is 0.249. The molecule has 0 amide bonds. The van der Waals surface area contributed by atoms with E-state index in [4.69, 9.17) is 17.3 Å². The van der Waals surface area contributed by atoms with E-state index in [1.54, 1.807) is 10.7 Å². The fourth-order valence-corrected chi connectivity index (χ4v) is 2.94. The highest BCUT2D eigenvalue weighted by Crippen LogP contribution is 2.36. The Morgan fingerprint density at radius 3 is 2.76 bits per heavy atom. The molecule has 0 fully saturated rings. The van der Waals surface area contributed by atoms with Gasteiger partial charge in [-0.3, -0.25) is 4.68 Å². The summed E-state index contributed by atoms with van der Waals surface area (Å²) < 4.78 is 10.2. The van der Waals surface area contributed by atoms with Gasteiger partial charge in [0.25, 0.3) is 0 Å². The Hall–Kier alpha value is -1.86. The molecule has 0 spiro atoms. The topological polar surface area (TPSA) is 81.7 Å². The van der Waals surface area contributed by atoms with Crippen molar-refractivity contribution < 1.29 is 0 Å². The molecule has 3 N–H and O–H groups in total. The van der Waals surface area contributed by atoms with Crippen LogP contribution in [0.3, 0.4) is 0 Å². The van der Waals surface area contributed by atoms with Crippen molar-refractivity contribution in [3.05, 3.63) is 22.8 Å². The summed E-state index contributed by atoms with van der Waals surface area (Å²) in [5.74, 6) is 0.958. The van der Waals surface area contributed by atoms with E-state index < -0.39 is 0 Å². The van der Waals surface area contributed by atoms with Gasteiger partial charge >= 0.3 is 0 Å². The van der Waals surface area contributed by atoms with E-state index in [9.17, 15) is 0 Å². The maximum Gasteiger partial charge on any atom is 0.152 e. The van der Waals surface area contributed by atoms with Crippen LogP contribution in [0.25, 0.3) is 11.0 Å². The average molecular weight is 323 g/mol. The molecule has 0 saturated heterocycles. The SMILES string of the molecule is CC(C)c1nn(C)c(Nc2c(Cl)ccc3nsnc23)c1N. The number of halogens is 1. The van der Waals surface area contributed by atoms with Crippen molar-refractivity contribution in [1.29, 1.82) is 0 Å². The molecule has 3 rings (SSSR count). The minimum absolute atomic E-state index is 0.249. The molecule has 0 aliphatic carbocycles. The van der Waals surface area contributed by atoms with Gasteiger partial charge in [-0.1, -0.05) is 25.4 Å². The molecule has 3 aromatic rings. The molecule has 0 aliphatic heterocycles. The zero-order valence-electron chi connectivity index (χ0n) is 11.9. The Morgan fingerprint density at radius 2 is 2.10 bits per heavy atom. The van der Waals surface area contributed by atoms with Crippen molar-refractivity contribution >= 4 is 51.6 Å². The molecule has 0 radical (unpaired) electrons. The Labute approximate surface area is 131 Å². The highest BCUT2D eigenvalue weighted by Gasteiger charge is 2.18. The first kappa shape index (κ1) is 14.1. The van der Waals surface area contributed by atoms with E-state index >= 15 is 0 Å². The van der Waals surface area contributed by atoms with E-state index in [1.807, 2.05) is 13.1 Å². The van der Waals surface area contributed by atoms with Gasteiger partial charge in [0.05, 0.1) is 33.8 Å². The van der Waals surface area contributed by atoms with Crippen molar-refractivity contribution in [3.8, 4) is 0 Å². The molecule has 8 heteroatoms. The minimum Gasteiger partial charge on any atom is -0.394 e. The zero-order chi connectivity index (χ0) is 15.1. The third-order valence-corrected chi connectivity index (χ3v) is 4.14. The van der Waals surface area contributed by atoms with Crippen LogP contribution in [0.2, 0.25) is 5.02 Å². The number of aryl methyl sites for hydroxylation is 1. The van der Waals surface area contributed by atoms with Crippen molar-refractivity contribution in [1.82, 2.24) is 18.5 Å². The lowest BCUT2D eigenvalue weighted by molar-refractivity contribution is 0.718. The Balaban J connectivity index is 2.11. The van der Waals surface area contributed by atoms with E-state index in [1.165, 1.54) is 0 Å². The second-order valence-corrected chi connectivity index (χ2v) is 6.04. The third kappa shape index (κ3) is 2.32. The van der Waals surface area contributed by atoms with Gasteiger partial charge in [0.1, 0.15) is 11.0 Å². The molecule has 110 valence electrons. The van der Waals surface area contributed by atoms with Crippen LogP contribution in [0.15, 0.2) is 12.1 Å². The lowest BCUT2D eigenvalue weighted by Gasteiger charge is -2.10. The lowest BCUT2D eigenvalue weighted by atomic mass is 10.1. The number of rotatable bonds is 3. The maximum absolute atomic E-state index is 6.29. The van der Waals surface area contributed by atoms with Gasteiger partial charge in [0, 0.05) is 7.05 Å². The largest absolute Gasteiger partial charge is 0.394 e. The number of nitrogens with zero attached hydrogens (tertiary/aromatic N) is 4. The normalized spacial score (nSPS) is 11.5. The molecule has 0 atom stereocenters. The molecule has 6 nitrogen and oxygen atoms in total. The molecule has 0 bridgehead atoms. The first-order valence-electron chi connectivity index (χ1n) is 6.49. The summed E-state index contributed by atoms with van der Waals surface area (Å²) in [7, 11) is 1.85. The summed E-state index contributed by atoms with van der Waals surface area (Å²) in [6.07, 6.45) is 0. The molecular weight excluding hydrogens is 308 g/mol. The summed E-state index contributed by atoms with van der Waals surface area (Å²) in [4.78, 5) is 0. The van der Waals surface area contributed by atoms with Gasteiger partial charge in [0.2, 0.25) is 0 Å². The second-order valence-electron chi connectivity index (χ2n) is 5.11. The molecule has 2 aromatic heterocycles. The monoisotopic (exact) mass is 322 g/mol. The number of anilines is 3. The summed E-state index contributed by atoms with van der Waals surface area (Å²) in [6, 6.07) is 3.64. The lowest BCUT2D eigenvalue weighted by Crippen LogP contribution is -2.02. The van der Waals surface area contributed by atoms with Crippen LogP contribution >= 0.6 is 23.3 Å². The van der Waals surface area contributed by atoms with Crippen molar-refractivity contribution in [2.75, 3.05) is 11.1 Å². The second kappa shape index (κ2) is 5.16. The smallest absolute Gasteiger partial charge is 0.152 e. The first-order valence-corrected chi connectivity index (χ1v) is 7.60. The van der Waals surface area contributed by atoms with Gasteiger partial charge in [-0.15, -0.1) is 0 Å². The zero-order valence-corrected chi connectivity index (χ0v) is 13.5. The number of fused-ring (bicyclic) bond motifs is 1. The molecule has 1 aromatic carbocycles. The van der Waals surface area contributed by atoms with Crippen LogP contribution in [-0.2, 0) is 7.05 Å². The molecule has 21 heavy (non-hydrogen) atoms. The van der Waals surface area contributed by atoms with Gasteiger partial charge in [-0.2, -0.15) is 13.8 Å². The summed E-state index contributed by atoms with van der Waals surface area (Å²) in [5, 5.41) is 8.29. The Bertz CT molecular complexity index is 806. The van der Waals surface area contributed by atoms with E-state index in [-0.39, 0.29) is 5.92 Å². The number of benzene rings is 1. The van der Waals surface area contributed by atoms with E-state index in [0.29, 0.717) is 22.2 Å². The Kier molecular flexibility index (Phi) is 3.46. The summed E-state index contributed by atoms with van der Waals surface area (Å²) in [5.41, 5.74) is 9.93. The van der Waals surface area contributed by atoms with Crippen LogP contribution in [0, 0.1) is 0 Å². The number of hydrogen-bond acceptors (Lipinski definition) is 6. The molecule has 0 aliphatic rings. The first-order chi connectivity index (χ1) is 9.99. The van der Waals surface area contributed by atoms with Crippen LogP contribution in [0.5, 0.6) is 0 Å². The third-order valence-electron chi connectivity index (χ3n) is 3.28. The maximum atomic E-state index is 6.29. The van der Waals surface area contributed by atoms with Gasteiger partial charge < -0.3 is 11.1 Å². The highest BCUT2D eigenvalue weighted by molar-refractivity contribution is 7.00. The molecular formula is C13H15ClN6S.